The third-order valence-electron chi connectivity index (χ3n) is 5.49. The van der Waals surface area contributed by atoms with Gasteiger partial charge in [-0.3, -0.25) is 0 Å². The predicted molar refractivity (Wildman–Crippen MR) is 113 cm³/mol. The summed E-state index contributed by atoms with van der Waals surface area (Å²) in [4.78, 5) is 24.1. The number of ether oxygens (including phenoxy) is 4. The lowest BCUT2D eigenvalue weighted by atomic mass is 10.0. The summed E-state index contributed by atoms with van der Waals surface area (Å²) < 4.78 is 158. The van der Waals surface area contributed by atoms with Crippen LogP contribution in [0.25, 0.3) is 0 Å². The van der Waals surface area contributed by atoms with E-state index >= 15 is 17.6 Å². The van der Waals surface area contributed by atoms with E-state index in [1.54, 1.807) is 0 Å². The highest BCUT2D eigenvalue weighted by Gasteiger charge is 2.68. The molecule has 40 heavy (non-hydrogen) atoms. The Balaban J connectivity index is 1.86. The summed E-state index contributed by atoms with van der Waals surface area (Å²) >= 11 is 0. The molecule has 4 unspecified atom stereocenters. The lowest BCUT2D eigenvalue weighted by Gasteiger charge is -2.41. The molecule has 0 spiro atoms. The summed E-state index contributed by atoms with van der Waals surface area (Å²) in [6, 6.07) is 11.2. The standard InChI is InChI=1S/C24H18F10O6/c25-21(26,19(23(29,30)31)39-17(35)13-7-3-1-4-8-13)15-11-37-12-16(38-15)22(27,28)20(24(32,33)34)40-18(36)14-9-5-2-6-10-14/h1-10,15-16,19-20H,11-12H2. The molecule has 4 atom stereocenters. The lowest BCUT2D eigenvalue weighted by Crippen LogP contribution is -2.63. The van der Waals surface area contributed by atoms with Crippen LogP contribution in [0.15, 0.2) is 60.7 Å². The van der Waals surface area contributed by atoms with E-state index in [9.17, 15) is 35.9 Å². The highest BCUT2D eigenvalue weighted by atomic mass is 19.4. The van der Waals surface area contributed by atoms with Crippen molar-refractivity contribution in [2.75, 3.05) is 13.2 Å². The molecule has 1 aliphatic heterocycles. The first-order valence-electron chi connectivity index (χ1n) is 11.1. The van der Waals surface area contributed by atoms with Gasteiger partial charge in [0.05, 0.1) is 24.3 Å². The highest BCUT2D eigenvalue weighted by molar-refractivity contribution is 5.90. The summed E-state index contributed by atoms with van der Waals surface area (Å²) in [7, 11) is 0. The van der Waals surface area contributed by atoms with E-state index in [0.717, 1.165) is 24.3 Å². The topological polar surface area (TPSA) is 71.1 Å². The number of alkyl halides is 10. The fraction of sp³-hybridized carbons (Fsp3) is 0.417. The molecule has 2 aromatic rings. The number of hydrogen-bond acceptors (Lipinski definition) is 6. The first-order chi connectivity index (χ1) is 18.5. The fourth-order valence-corrected chi connectivity index (χ4v) is 3.53. The second-order valence-corrected chi connectivity index (χ2v) is 8.39. The number of carbonyl (C=O) groups is 2. The van der Waals surface area contributed by atoms with Gasteiger partial charge in [-0.2, -0.15) is 43.9 Å². The zero-order valence-electron chi connectivity index (χ0n) is 19.7. The molecule has 2 aromatic carbocycles. The van der Waals surface area contributed by atoms with Gasteiger partial charge in [0.2, 0.25) is 0 Å². The quantitative estimate of drug-likeness (QED) is 0.293. The molecule has 0 radical (unpaired) electrons. The van der Waals surface area contributed by atoms with Gasteiger partial charge in [0, 0.05) is 0 Å². The van der Waals surface area contributed by atoms with Crippen molar-refractivity contribution in [3.05, 3.63) is 71.8 Å². The highest BCUT2D eigenvalue weighted by Crippen LogP contribution is 2.44. The van der Waals surface area contributed by atoms with Gasteiger partial charge in [0.1, 0.15) is 12.2 Å². The number of hydrogen-bond donors (Lipinski definition) is 0. The summed E-state index contributed by atoms with van der Waals surface area (Å²) in [5.74, 6) is -14.4. The fourth-order valence-electron chi connectivity index (χ4n) is 3.53. The van der Waals surface area contributed by atoms with Gasteiger partial charge >= 0.3 is 36.1 Å². The molecular weight excluding hydrogens is 574 g/mol. The van der Waals surface area contributed by atoms with E-state index in [4.69, 9.17) is 0 Å². The number of carbonyl (C=O) groups excluding carboxylic acids is 2. The average Bonchev–Trinajstić information content (AvgIpc) is 2.89. The van der Waals surface area contributed by atoms with Gasteiger partial charge in [-0.1, -0.05) is 36.4 Å². The van der Waals surface area contributed by atoms with E-state index in [2.05, 4.69) is 18.9 Å². The molecule has 6 nitrogen and oxygen atoms in total. The third-order valence-corrected chi connectivity index (χ3v) is 5.49. The van der Waals surface area contributed by atoms with E-state index in [1.165, 1.54) is 36.4 Å². The maximum Gasteiger partial charge on any atom is 0.431 e. The Hall–Kier alpha value is -3.40. The molecule has 1 aliphatic rings. The van der Waals surface area contributed by atoms with Crippen LogP contribution >= 0.6 is 0 Å². The second kappa shape index (κ2) is 11.6. The lowest BCUT2D eigenvalue weighted by molar-refractivity contribution is -0.346. The van der Waals surface area contributed by atoms with E-state index < -0.39 is 84.9 Å². The average molecular weight is 592 g/mol. The minimum absolute atomic E-state index is 0.564. The summed E-state index contributed by atoms with van der Waals surface area (Å²) in [5.41, 5.74) is -1.13. The van der Waals surface area contributed by atoms with Gasteiger partial charge in [0.25, 0.3) is 12.2 Å². The normalized spacial score (nSPS) is 20.4. The summed E-state index contributed by atoms with van der Waals surface area (Å²) in [5, 5.41) is 0. The molecule has 1 fully saturated rings. The largest absolute Gasteiger partial charge is 0.442 e. The van der Waals surface area contributed by atoms with Crippen LogP contribution in [-0.2, 0) is 18.9 Å². The Morgan fingerprint density at radius 3 is 1.25 bits per heavy atom. The first-order valence-corrected chi connectivity index (χ1v) is 11.1. The molecule has 0 saturated carbocycles. The predicted octanol–water partition coefficient (Wildman–Crippen LogP) is 5.62. The van der Waals surface area contributed by atoms with Crippen molar-refractivity contribution in [3.63, 3.8) is 0 Å². The van der Waals surface area contributed by atoms with Crippen LogP contribution in [-0.4, -0.2) is 73.8 Å². The molecule has 0 bridgehead atoms. The van der Waals surface area contributed by atoms with Gasteiger partial charge in [0.15, 0.2) is 0 Å². The summed E-state index contributed by atoms with van der Waals surface area (Å²) in [6.07, 6.45) is -27.0. The molecule has 0 aliphatic carbocycles. The molecule has 1 heterocycles. The minimum atomic E-state index is -5.98. The molecule has 3 rings (SSSR count). The Morgan fingerprint density at radius 1 is 0.625 bits per heavy atom. The first kappa shape index (κ1) is 31.1. The molecular formula is C24H18F10O6. The molecule has 0 amide bonds. The maximum absolute atomic E-state index is 15.0. The molecule has 1 saturated heterocycles. The Bertz CT molecular complexity index is 1060. The van der Waals surface area contributed by atoms with Crippen molar-refractivity contribution in [1.29, 1.82) is 0 Å². The molecule has 16 heteroatoms. The third kappa shape index (κ3) is 7.02. The molecule has 220 valence electrons. The Labute approximate surface area is 218 Å². The Kier molecular flexibility index (Phi) is 9.03. The molecule has 0 N–H and O–H groups in total. The van der Waals surface area contributed by atoms with Crippen molar-refractivity contribution in [3.8, 4) is 0 Å². The summed E-state index contributed by atoms with van der Waals surface area (Å²) in [6.45, 7) is -2.98. The second-order valence-electron chi connectivity index (χ2n) is 8.39. The van der Waals surface area contributed by atoms with E-state index in [-0.39, 0.29) is 0 Å². The van der Waals surface area contributed by atoms with Gasteiger partial charge < -0.3 is 18.9 Å². The van der Waals surface area contributed by atoms with Crippen LogP contribution in [0.1, 0.15) is 20.7 Å². The van der Waals surface area contributed by atoms with Crippen LogP contribution in [0.4, 0.5) is 43.9 Å². The SMILES string of the molecule is O=C(OC(C(F)(F)F)C(F)(F)C1COCC(C(F)(F)C(OC(=O)c2ccccc2)C(F)(F)F)O1)c1ccccc1. The van der Waals surface area contributed by atoms with Gasteiger partial charge in [-0.05, 0) is 24.3 Å². The van der Waals surface area contributed by atoms with Crippen molar-refractivity contribution < 1.29 is 72.4 Å². The van der Waals surface area contributed by atoms with Crippen molar-refractivity contribution in [2.45, 2.75) is 48.6 Å². The van der Waals surface area contributed by atoms with Crippen LogP contribution in [0.2, 0.25) is 0 Å². The smallest absolute Gasteiger partial charge is 0.431 e. The van der Waals surface area contributed by atoms with Crippen molar-refractivity contribution in [1.82, 2.24) is 0 Å². The Morgan fingerprint density at radius 2 is 0.950 bits per heavy atom. The number of halogens is 10. The van der Waals surface area contributed by atoms with Crippen LogP contribution in [0.5, 0.6) is 0 Å². The number of benzene rings is 2. The van der Waals surface area contributed by atoms with Crippen LogP contribution in [0, 0.1) is 0 Å². The van der Waals surface area contributed by atoms with Gasteiger partial charge in [-0.25, -0.2) is 9.59 Å². The van der Waals surface area contributed by atoms with E-state index in [0.29, 0.717) is 0 Å². The minimum Gasteiger partial charge on any atom is -0.442 e. The molecule has 0 aromatic heterocycles. The number of esters is 2. The maximum atomic E-state index is 15.0. The van der Waals surface area contributed by atoms with Gasteiger partial charge in [-0.15, -0.1) is 0 Å². The van der Waals surface area contributed by atoms with Crippen LogP contribution < -0.4 is 0 Å². The van der Waals surface area contributed by atoms with Crippen LogP contribution in [0.3, 0.4) is 0 Å². The van der Waals surface area contributed by atoms with E-state index in [1.807, 2.05) is 0 Å². The zero-order chi connectivity index (χ0) is 29.9. The number of rotatable bonds is 8. The monoisotopic (exact) mass is 592 g/mol. The zero-order valence-corrected chi connectivity index (χ0v) is 19.7. The van der Waals surface area contributed by atoms with Crippen molar-refractivity contribution in [2.24, 2.45) is 0 Å². The van der Waals surface area contributed by atoms with Crippen molar-refractivity contribution >= 4 is 11.9 Å².